The summed E-state index contributed by atoms with van der Waals surface area (Å²) >= 11 is 0. The van der Waals surface area contributed by atoms with E-state index in [2.05, 4.69) is 11.9 Å². The summed E-state index contributed by atoms with van der Waals surface area (Å²) in [5.74, 6) is 0.580. The van der Waals surface area contributed by atoms with Gasteiger partial charge in [0.2, 0.25) is 0 Å². The Morgan fingerprint density at radius 3 is 3.15 bits per heavy atom. The van der Waals surface area contributed by atoms with Crippen molar-refractivity contribution in [2.45, 2.75) is 6.42 Å². The van der Waals surface area contributed by atoms with Gasteiger partial charge >= 0.3 is 0 Å². The molecule has 1 N–H and O–H groups in total. The normalized spacial score (nSPS) is 19.7. The van der Waals surface area contributed by atoms with Crippen LogP contribution in [-0.4, -0.2) is 29.5 Å². The molecule has 1 saturated heterocycles. The zero-order valence-corrected chi connectivity index (χ0v) is 7.40. The third-order valence-corrected chi connectivity index (χ3v) is 1.83. The topological polar surface area (TPSA) is 58.4 Å². The van der Waals surface area contributed by atoms with E-state index in [0.717, 1.165) is 25.7 Å². The van der Waals surface area contributed by atoms with E-state index >= 15 is 0 Å². The van der Waals surface area contributed by atoms with Crippen molar-refractivity contribution in [1.29, 1.82) is 0 Å². The molecule has 1 rings (SSSR count). The minimum atomic E-state index is -0.441. The first-order valence-corrected chi connectivity index (χ1v) is 4.19. The number of hydrogen-bond donors (Lipinski definition) is 1. The molecule has 0 unspecified atom stereocenters. The standard InChI is InChI=1S/C8H13N3O2/c1-2-5-10-6-3-4-9-8(10)7-11(12)13/h2,7,9H,1,3-6H2. The molecule has 0 saturated carbocycles. The average molecular weight is 183 g/mol. The van der Waals surface area contributed by atoms with Gasteiger partial charge in [-0.25, -0.2) is 0 Å². The fourth-order valence-corrected chi connectivity index (χ4v) is 1.29. The van der Waals surface area contributed by atoms with Gasteiger partial charge in [-0.1, -0.05) is 6.08 Å². The number of nitro groups is 1. The molecule has 0 amide bonds. The van der Waals surface area contributed by atoms with Gasteiger partial charge in [-0.2, -0.15) is 0 Å². The number of hydrogen-bond acceptors (Lipinski definition) is 4. The van der Waals surface area contributed by atoms with Crippen LogP contribution in [0.25, 0.3) is 0 Å². The summed E-state index contributed by atoms with van der Waals surface area (Å²) in [6.45, 7) is 5.89. The summed E-state index contributed by atoms with van der Waals surface area (Å²) in [5, 5.41) is 13.2. The van der Waals surface area contributed by atoms with Crippen molar-refractivity contribution in [1.82, 2.24) is 10.2 Å². The van der Waals surface area contributed by atoms with E-state index < -0.39 is 4.92 Å². The lowest BCUT2D eigenvalue weighted by Gasteiger charge is -2.29. The molecule has 5 heteroatoms. The van der Waals surface area contributed by atoms with E-state index in [-0.39, 0.29) is 0 Å². The highest BCUT2D eigenvalue weighted by Crippen LogP contribution is 2.07. The highest BCUT2D eigenvalue weighted by Gasteiger charge is 2.15. The van der Waals surface area contributed by atoms with Gasteiger partial charge in [0.05, 0.1) is 4.92 Å². The lowest BCUT2D eigenvalue weighted by molar-refractivity contribution is -0.404. The molecular weight excluding hydrogens is 170 g/mol. The van der Waals surface area contributed by atoms with Crippen molar-refractivity contribution in [2.75, 3.05) is 19.6 Å². The van der Waals surface area contributed by atoms with E-state index in [1.165, 1.54) is 0 Å². The Morgan fingerprint density at radius 2 is 2.54 bits per heavy atom. The number of nitrogens with one attached hydrogen (secondary N) is 1. The van der Waals surface area contributed by atoms with Gasteiger partial charge in [-0.05, 0) is 6.42 Å². The molecule has 0 aromatic heterocycles. The zero-order valence-electron chi connectivity index (χ0n) is 7.40. The SMILES string of the molecule is C=CCN1CCCNC1=C[N+](=O)[O-]. The summed E-state index contributed by atoms with van der Waals surface area (Å²) < 4.78 is 0. The van der Waals surface area contributed by atoms with Crippen LogP contribution in [0, 0.1) is 10.1 Å². The lowest BCUT2D eigenvalue weighted by Crippen LogP contribution is -2.39. The molecule has 1 aliphatic heterocycles. The van der Waals surface area contributed by atoms with Crippen molar-refractivity contribution in [2.24, 2.45) is 0 Å². The van der Waals surface area contributed by atoms with Gasteiger partial charge < -0.3 is 10.2 Å². The molecular formula is C8H13N3O2. The van der Waals surface area contributed by atoms with Gasteiger partial charge in [-0.15, -0.1) is 6.58 Å². The molecule has 0 radical (unpaired) electrons. The summed E-state index contributed by atoms with van der Waals surface area (Å²) in [7, 11) is 0. The molecule has 5 nitrogen and oxygen atoms in total. The number of nitrogens with zero attached hydrogens (tertiary/aromatic N) is 2. The second-order valence-electron chi connectivity index (χ2n) is 2.81. The molecule has 0 aromatic carbocycles. The fraction of sp³-hybridized carbons (Fsp3) is 0.500. The predicted octanol–water partition coefficient (Wildman–Crippen LogP) is 0.543. The molecule has 13 heavy (non-hydrogen) atoms. The minimum absolute atomic E-state index is 0.441. The van der Waals surface area contributed by atoms with Crippen molar-refractivity contribution in [3.8, 4) is 0 Å². The predicted molar refractivity (Wildman–Crippen MR) is 49.5 cm³/mol. The summed E-state index contributed by atoms with van der Waals surface area (Å²) in [4.78, 5) is 11.7. The highest BCUT2D eigenvalue weighted by molar-refractivity contribution is 4.99. The van der Waals surface area contributed by atoms with E-state index in [4.69, 9.17) is 0 Å². The summed E-state index contributed by atoms with van der Waals surface area (Å²) in [5.41, 5.74) is 0. The van der Waals surface area contributed by atoms with Crippen LogP contribution >= 0.6 is 0 Å². The first kappa shape index (κ1) is 9.57. The van der Waals surface area contributed by atoms with Crippen LogP contribution in [-0.2, 0) is 0 Å². The molecule has 0 aromatic rings. The Balaban J connectivity index is 2.66. The van der Waals surface area contributed by atoms with E-state index in [1.54, 1.807) is 6.08 Å². The van der Waals surface area contributed by atoms with Crippen molar-refractivity contribution < 1.29 is 4.92 Å². The fourth-order valence-electron chi connectivity index (χ4n) is 1.29. The Morgan fingerprint density at radius 1 is 1.77 bits per heavy atom. The quantitative estimate of drug-likeness (QED) is 0.394. The highest BCUT2D eigenvalue weighted by atomic mass is 16.6. The lowest BCUT2D eigenvalue weighted by atomic mass is 10.3. The molecule has 1 aliphatic rings. The Hall–Kier alpha value is -1.52. The Bertz CT molecular complexity index is 238. The van der Waals surface area contributed by atoms with Gasteiger partial charge in [0.1, 0.15) is 0 Å². The maximum atomic E-state index is 10.3. The van der Waals surface area contributed by atoms with Crippen LogP contribution in [0.1, 0.15) is 6.42 Å². The summed E-state index contributed by atoms with van der Waals surface area (Å²) in [6.07, 6.45) is 3.74. The number of rotatable bonds is 3. The van der Waals surface area contributed by atoms with E-state index in [0.29, 0.717) is 12.4 Å². The monoisotopic (exact) mass is 183 g/mol. The van der Waals surface area contributed by atoms with Crippen LogP contribution < -0.4 is 5.32 Å². The van der Waals surface area contributed by atoms with Crippen molar-refractivity contribution in [3.05, 3.63) is 34.8 Å². The Kier molecular flexibility index (Phi) is 3.31. The first-order valence-electron chi connectivity index (χ1n) is 4.19. The molecule has 0 spiro atoms. The molecule has 1 heterocycles. The molecule has 0 atom stereocenters. The van der Waals surface area contributed by atoms with Crippen LogP contribution in [0.4, 0.5) is 0 Å². The minimum Gasteiger partial charge on any atom is -0.367 e. The second-order valence-corrected chi connectivity index (χ2v) is 2.81. The maximum absolute atomic E-state index is 10.3. The average Bonchev–Trinajstić information content (AvgIpc) is 2.08. The molecule has 0 bridgehead atoms. The van der Waals surface area contributed by atoms with Gasteiger partial charge in [0, 0.05) is 19.6 Å². The third-order valence-electron chi connectivity index (χ3n) is 1.83. The van der Waals surface area contributed by atoms with Crippen molar-refractivity contribution in [3.63, 3.8) is 0 Å². The van der Waals surface area contributed by atoms with Gasteiger partial charge in [0.15, 0.2) is 5.82 Å². The van der Waals surface area contributed by atoms with E-state index in [9.17, 15) is 10.1 Å². The third kappa shape index (κ3) is 2.77. The maximum Gasteiger partial charge on any atom is 0.274 e. The van der Waals surface area contributed by atoms with Crippen molar-refractivity contribution >= 4 is 0 Å². The smallest absolute Gasteiger partial charge is 0.274 e. The molecule has 1 fully saturated rings. The second kappa shape index (κ2) is 4.49. The van der Waals surface area contributed by atoms with Gasteiger partial charge in [-0.3, -0.25) is 10.1 Å². The van der Waals surface area contributed by atoms with E-state index in [1.807, 2.05) is 4.90 Å². The largest absolute Gasteiger partial charge is 0.367 e. The van der Waals surface area contributed by atoms with Crippen LogP contribution in [0.3, 0.4) is 0 Å². The van der Waals surface area contributed by atoms with Crippen LogP contribution in [0.15, 0.2) is 24.7 Å². The Labute approximate surface area is 76.9 Å². The first-order chi connectivity index (χ1) is 6.24. The zero-order chi connectivity index (χ0) is 9.68. The van der Waals surface area contributed by atoms with Crippen LogP contribution in [0.2, 0.25) is 0 Å². The van der Waals surface area contributed by atoms with Crippen LogP contribution in [0.5, 0.6) is 0 Å². The molecule has 0 aliphatic carbocycles. The summed E-state index contributed by atoms with van der Waals surface area (Å²) in [6, 6.07) is 0. The van der Waals surface area contributed by atoms with Gasteiger partial charge in [0.25, 0.3) is 6.20 Å². The molecule has 72 valence electrons.